The Morgan fingerprint density at radius 3 is 1.66 bits per heavy atom. The molecule has 1 aromatic heterocycles. The van der Waals surface area contributed by atoms with Gasteiger partial charge in [-0.05, 0) is 127 Å². The molecule has 0 spiro atoms. The second-order valence-corrected chi connectivity index (χ2v) is 14.8. The number of anilines is 3. The number of aromatic nitrogens is 1. The maximum Gasteiger partial charge on any atom is 0.227 e. The van der Waals surface area contributed by atoms with Gasteiger partial charge in [0.25, 0.3) is 0 Å². The fourth-order valence-electron chi connectivity index (χ4n) is 8.38. The molecule has 0 aliphatic heterocycles. The molecule has 11 rings (SSSR count). The SMILES string of the molecule is c1ccc(-c2cccc(N(c3ccc(-c4ccc5ccc6oc(-c7ccccc7)nc6c5c4)cc3)c3ccc(-c4cc5ccccc5c5ccccc45)cc3)c2)cc1. The van der Waals surface area contributed by atoms with E-state index in [1.165, 1.54) is 43.8 Å². The summed E-state index contributed by atoms with van der Waals surface area (Å²) in [5, 5.41) is 7.25. The second kappa shape index (κ2) is 14.1. The third-order valence-electron chi connectivity index (χ3n) is 11.3. The van der Waals surface area contributed by atoms with Crippen molar-refractivity contribution in [2.45, 2.75) is 0 Å². The Morgan fingerprint density at radius 2 is 0.897 bits per heavy atom. The number of hydrogen-bond donors (Lipinski definition) is 0. The van der Waals surface area contributed by atoms with E-state index in [0.717, 1.165) is 55.6 Å². The average molecular weight is 741 g/mol. The summed E-state index contributed by atoms with van der Waals surface area (Å²) in [5.41, 5.74) is 12.9. The van der Waals surface area contributed by atoms with Crippen LogP contribution in [0.4, 0.5) is 17.1 Å². The van der Waals surface area contributed by atoms with Crippen molar-refractivity contribution in [2.24, 2.45) is 0 Å². The first-order valence-electron chi connectivity index (χ1n) is 19.7. The molecule has 0 saturated carbocycles. The molecule has 11 aromatic rings. The molecular weight excluding hydrogens is 705 g/mol. The fraction of sp³-hybridized carbons (Fsp3) is 0. The van der Waals surface area contributed by atoms with E-state index in [-0.39, 0.29) is 0 Å². The molecule has 1 heterocycles. The summed E-state index contributed by atoms with van der Waals surface area (Å²) in [6.45, 7) is 0. The molecule has 0 radical (unpaired) electrons. The highest BCUT2D eigenvalue weighted by molar-refractivity contribution is 6.14. The zero-order chi connectivity index (χ0) is 38.4. The van der Waals surface area contributed by atoms with Crippen molar-refractivity contribution in [3.05, 3.63) is 218 Å². The standard InChI is InChI=1S/C55H36N2O/c1-3-12-37(13-4-1)42-17-11-18-47(34-42)57(46-31-26-39(27-32-46)51-36-44-16-7-8-19-48(44)49-20-9-10-21-50(49)51)45-29-24-38(25-30-45)43-23-22-40-28-33-53-54(52(40)35-43)56-55(58-53)41-14-5-2-6-15-41/h1-36H. The molecular formula is C55H36N2O. The highest BCUT2D eigenvalue weighted by Crippen LogP contribution is 2.41. The summed E-state index contributed by atoms with van der Waals surface area (Å²) in [5.74, 6) is 0.632. The first-order valence-corrected chi connectivity index (χ1v) is 19.7. The van der Waals surface area contributed by atoms with E-state index in [0.29, 0.717) is 5.89 Å². The van der Waals surface area contributed by atoms with Crippen molar-refractivity contribution in [1.29, 1.82) is 0 Å². The average Bonchev–Trinajstić information content (AvgIpc) is 3.75. The maximum absolute atomic E-state index is 6.22. The molecule has 3 heteroatoms. The van der Waals surface area contributed by atoms with Crippen molar-refractivity contribution in [3.63, 3.8) is 0 Å². The van der Waals surface area contributed by atoms with Gasteiger partial charge in [0, 0.05) is 28.0 Å². The van der Waals surface area contributed by atoms with E-state index < -0.39 is 0 Å². The van der Waals surface area contributed by atoms with E-state index in [9.17, 15) is 0 Å². The van der Waals surface area contributed by atoms with Gasteiger partial charge in [0.05, 0.1) is 0 Å². The van der Waals surface area contributed by atoms with Gasteiger partial charge in [0.1, 0.15) is 5.52 Å². The minimum atomic E-state index is 0.632. The van der Waals surface area contributed by atoms with Crippen LogP contribution in [0.25, 0.3) is 88.3 Å². The van der Waals surface area contributed by atoms with Crippen LogP contribution in [-0.2, 0) is 0 Å². The van der Waals surface area contributed by atoms with Gasteiger partial charge in [0.15, 0.2) is 5.58 Å². The van der Waals surface area contributed by atoms with Gasteiger partial charge >= 0.3 is 0 Å². The Balaban J connectivity index is 0.992. The van der Waals surface area contributed by atoms with Crippen LogP contribution in [0.1, 0.15) is 0 Å². The molecule has 10 aromatic carbocycles. The minimum Gasteiger partial charge on any atom is -0.436 e. The zero-order valence-corrected chi connectivity index (χ0v) is 31.6. The normalized spacial score (nSPS) is 11.4. The summed E-state index contributed by atoms with van der Waals surface area (Å²) in [6.07, 6.45) is 0. The molecule has 0 atom stereocenters. The summed E-state index contributed by atoms with van der Waals surface area (Å²) >= 11 is 0. The topological polar surface area (TPSA) is 29.3 Å². The van der Waals surface area contributed by atoms with Crippen LogP contribution in [-0.4, -0.2) is 4.98 Å². The molecule has 0 saturated heterocycles. The number of fused-ring (bicyclic) bond motifs is 6. The largest absolute Gasteiger partial charge is 0.436 e. The Kier molecular flexibility index (Phi) is 8.15. The fourth-order valence-corrected chi connectivity index (χ4v) is 8.38. The quantitative estimate of drug-likeness (QED) is 0.152. The molecule has 0 N–H and O–H groups in total. The maximum atomic E-state index is 6.22. The van der Waals surface area contributed by atoms with Gasteiger partial charge in [-0.25, -0.2) is 4.98 Å². The highest BCUT2D eigenvalue weighted by Gasteiger charge is 2.17. The predicted octanol–water partition coefficient (Wildman–Crippen LogP) is 15.4. The predicted molar refractivity (Wildman–Crippen MR) is 243 cm³/mol. The summed E-state index contributed by atoms with van der Waals surface area (Å²) in [4.78, 5) is 7.31. The molecule has 58 heavy (non-hydrogen) atoms. The van der Waals surface area contributed by atoms with E-state index >= 15 is 0 Å². The molecule has 3 nitrogen and oxygen atoms in total. The Morgan fingerprint density at radius 1 is 0.328 bits per heavy atom. The van der Waals surface area contributed by atoms with Crippen molar-refractivity contribution in [2.75, 3.05) is 4.90 Å². The third kappa shape index (κ3) is 5.98. The van der Waals surface area contributed by atoms with Gasteiger partial charge in [0.2, 0.25) is 5.89 Å². The van der Waals surface area contributed by atoms with Crippen molar-refractivity contribution >= 4 is 60.5 Å². The van der Waals surface area contributed by atoms with Crippen molar-refractivity contribution < 1.29 is 4.42 Å². The van der Waals surface area contributed by atoms with Crippen LogP contribution in [0, 0.1) is 0 Å². The summed E-state index contributed by atoms with van der Waals surface area (Å²) < 4.78 is 6.22. The van der Waals surface area contributed by atoms with E-state index in [1.807, 2.05) is 36.4 Å². The first kappa shape index (κ1) is 33.6. The number of nitrogens with zero attached hydrogens (tertiary/aromatic N) is 2. The van der Waals surface area contributed by atoms with E-state index in [2.05, 4.69) is 187 Å². The molecule has 0 aliphatic carbocycles. The molecule has 272 valence electrons. The van der Waals surface area contributed by atoms with Crippen LogP contribution in [0.5, 0.6) is 0 Å². The van der Waals surface area contributed by atoms with Crippen LogP contribution in [0.2, 0.25) is 0 Å². The van der Waals surface area contributed by atoms with Gasteiger partial charge in [-0.2, -0.15) is 0 Å². The zero-order valence-electron chi connectivity index (χ0n) is 31.6. The molecule has 0 fully saturated rings. The molecule has 0 amide bonds. The van der Waals surface area contributed by atoms with Crippen LogP contribution in [0.3, 0.4) is 0 Å². The minimum absolute atomic E-state index is 0.632. The number of benzene rings is 10. The van der Waals surface area contributed by atoms with E-state index in [4.69, 9.17) is 9.40 Å². The lowest BCUT2D eigenvalue weighted by Gasteiger charge is -2.26. The van der Waals surface area contributed by atoms with E-state index in [1.54, 1.807) is 0 Å². The molecule has 0 unspecified atom stereocenters. The Bertz CT molecular complexity index is 3260. The van der Waals surface area contributed by atoms with Gasteiger partial charge in [-0.3, -0.25) is 0 Å². The highest BCUT2D eigenvalue weighted by atomic mass is 16.3. The Labute approximate surface area is 336 Å². The lowest BCUT2D eigenvalue weighted by molar-refractivity contribution is 0.620. The third-order valence-corrected chi connectivity index (χ3v) is 11.3. The van der Waals surface area contributed by atoms with Crippen LogP contribution >= 0.6 is 0 Å². The lowest BCUT2D eigenvalue weighted by atomic mass is 9.93. The summed E-state index contributed by atoms with van der Waals surface area (Å²) in [7, 11) is 0. The number of hydrogen-bond acceptors (Lipinski definition) is 3. The number of rotatable bonds is 7. The first-order chi connectivity index (χ1) is 28.7. The van der Waals surface area contributed by atoms with Crippen LogP contribution < -0.4 is 4.90 Å². The lowest BCUT2D eigenvalue weighted by Crippen LogP contribution is -2.10. The van der Waals surface area contributed by atoms with Crippen molar-refractivity contribution in [1.82, 2.24) is 4.98 Å². The molecule has 0 bridgehead atoms. The smallest absolute Gasteiger partial charge is 0.227 e. The van der Waals surface area contributed by atoms with Gasteiger partial charge < -0.3 is 9.32 Å². The van der Waals surface area contributed by atoms with Crippen molar-refractivity contribution in [3.8, 4) is 44.8 Å². The van der Waals surface area contributed by atoms with Gasteiger partial charge in [-0.1, -0.05) is 152 Å². The molecule has 0 aliphatic rings. The van der Waals surface area contributed by atoms with Crippen LogP contribution in [0.15, 0.2) is 223 Å². The Hall–Kier alpha value is -7.75. The summed E-state index contributed by atoms with van der Waals surface area (Å²) in [6, 6.07) is 77.8. The number of oxazole rings is 1. The van der Waals surface area contributed by atoms with Gasteiger partial charge in [-0.15, -0.1) is 0 Å². The monoisotopic (exact) mass is 740 g/mol. The second-order valence-electron chi connectivity index (χ2n) is 14.8.